The highest BCUT2D eigenvalue weighted by Crippen LogP contribution is 2.21. The molecule has 1 atom stereocenters. The van der Waals surface area contributed by atoms with Gasteiger partial charge in [0.15, 0.2) is 11.6 Å². The van der Waals surface area contributed by atoms with Crippen LogP contribution in [0.5, 0.6) is 5.75 Å². The fourth-order valence-electron chi connectivity index (χ4n) is 1.78. The molecular formula is C13H19F3N2O2. The molecule has 0 aliphatic carbocycles. The Hall–Kier alpha value is -1.31. The number of alkyl halides is 2. The van der Waals surface area contributed by atoms with E-state index in [1.165, 1.54) is 13.2 Å². The molecular weight excluding hydrogens is 273 g/mol. The second kappa shape index (κ2) is 8.78. The van der Waals surface area contributed by atoms with Gasteiger partial charge in [-0.05, 0) is 24.5 Å². The van der Waals surface area contributed by atoms with Crippen molar-refractivity contribution in [2.45, 2.75) is 25.3 Å². The van der Waals surface area contributed by atoms with Crippen molar-refractivity contribution in [2.24, 2.45) is 5.84 Å². The summed E-state index contributed by atoms with van der Waals surface area (Å²) in [6, 6.07) is 4.56. The molecule has 114 valence electrons. The molecule has 0 saturated carbocycles. The van der Waals surface area contributed by atoms with Gasteiger partial charge in [-0.25, -0.2) is 13.2 Å². The maximum atomic E-state index is 13.9. The Kier molecular flexibility index (Phi) is 7.35. The van der Waals surface area contributed by atoms with Crippen molar-refractivity contribution in [3.8, 4) is 5.75 Å². The van der Waals surface area contributed by atoms with Gasteiger partial charge in [0.05, 0.1) is 7.11 Å². The highest BCUT2D eigenvalue weighted by atomic mass is 19.3. The van der Waals surface area contributed by atoms with Crippen molar-refractivity contribution in [3.63, 3.8) is 0 Å². The van der Waals surface area contributed by atoms with Crippen molar-refractivity contribution in [1.82, 2.24) is 5.43 Å². The van der Waals surface area contributed by atoms with Gasteiger partial charge in [-0.3, -0.25) is 11.3 Å². The molecule has 0 aliphatic rings. The minimum absolute atomic E-state index is 0.130. The first-order valence-corrected chi connectivity index (χ1v) is 6.21. The number of methoxy groups -OCH3 is 1. The molecule has 0 radical (unpaired) electrons. The van der Waals surface area contributed by atoms with E-state index in [1.54, 1.807) is 12.1 Å². The van der Waals surface area contributed by atoms with E-state index < -0.39 is 18.8 Å². The lowest BCUT2D eigenvalue weighted by Crippen LogP contribution is -2.38. The van der Waals surface area contributed by atoms with Gasteiger partial charge in [0.2, 0.25) is 0 Å². The molecule has 1 unspecified atom stereocenters. The van der Waals surface area contributed by atoms with Crippen LogP contribution in [0.25, 0.3) is 0 Å². The zero-order valence-corrected chi connectivity index (χ0v) is 11.2. The van der Waals surface area contributed by atoms with Crippen LogP contribution in [-0.4, -0.2) is 32.8 Å². The summed E-state index contributed by atoms with van der Waals surface area (Å²) >= 11 is 0. The Morgan fingerprint density at radius 1 is 1.35 bits per heavy atom. The largest absolute Gasteiger partial charge is 0.494 e. The summed E-state index contributed by atoms with van der Waals surface area (Å²) in [5, 5.41) is 0. The first-order chi connectivity index (χ1) is 9.58. The van der Waals surface area contributed by atoms with E-state index in [4.69, 9.17) is 15.3 Å². The van der Waals surface area contributed by atoms with Gasteiger partial charge in [-0.2, -0.15) is 0 Å². The van der Waals surface area contributed by atoms with E-state index in [1.807, 2.05) is 0 Å². The quantitative estimate of drug-likeness (QED) is 0.414. The minimum Gasteiger partial charge on any atom is -0.494 e. The van der Waals surface area contributed by atoms with E-state index >= 15 is 0 Å². The van der Waals surface area contributed by atoms with Gasteiger partial charge >= 0.3 is 0 Å². The number of rotatable bonds is 9. The van der Waals surface area contributed by atoms with Gasteiger partial charge in [-0.1, -0.05) is 12.1 Å². The standard InChI is InChI=1S/C13H19F3N2O2/c1-19-11-4-2-3-9(13(11)16)7-10(18-17)5-6-20-8-12(14)15/h2-4,10,12,18H,5-8,17H2,1H3. The van der Waals surface area contributed by atoms with Crippen LogP contribution in [0, 0.1) is 5.82 Å². The smallest absolute Gasteiger partial charge is 0.261 e. The van der Waals surface area contributed by atoms with Crippen LogP contribution in [0.4, 0.5) is 13.2 Å². The second-order valence-electron chi connectivity index (χ2n) is 4.26. The average molecular weight is 292 g/mol. The van der Waals surface area contributed by atoms with Crippen LogP contribution in [-0.2, 0) is 11.2 Å². The number of ether oxygens (including phenoxy) is 2. The number of hydrogen-bond acceptors (Lipinski definition) is 4. The first-order valence-electron chi connectivity index (χ1n) is 6.21. The summed E-state index contributed by atoms with van der Waals surface area (Å²) in [5.41, 5.74) is 2.97. The predicted molar refractivity (Wildman–Crippen MR) is 69.2 cm³/mol. The average Bonchev–Trinajstić information content (AvgIpc) is 2.43. The third kappa shape index (κ3) is 5.36. The van der Waals surface area contributed by atoms with Gasteiger partial charge in [0.25, 0.3) is 6.43 Å². The Morgan fingerprint density at radius 2 is 2.10 bits per heavy atom. The zero-order valence-electron chi connectivity index (χ0n) is 11.2. The lowest BCUT2D eigenvalue weighted by molar-refractivity contribution is 0.0144. The molecule has 0 amide bonds. The predicted octanol–water partition coefficient (Wildman–Crippen LogP) is 1.88. The zero-order chi connectivity index (χ0) is 15.0. The summed E-state index contributed by atoms with van der Waals surface area (Å²) in [6.45, 7) is -0.477. The summed E-state index contributed by atoms with van der Waals surface area (Å²) in [4.78, 5) is 0. The molecule has 0 aromatic heterocycles. The van der Waals surface area contributed by atoms with E-state index in [9.17, 15) is 13.2 Å². The summed E-state index contributed by atoms with van der Waals surface area (Å²) in [7, 11) is 1.39. The van der Waals surface area contributed by atoms with Crippen molar-refractivity contribution >= 4 is 0 Å². The van der Waals surface area contributed by atoms with Crippen LogP contribution in [0.3, 0.4) is 0 Å². The third-order valence-electron chi connectivity index (χ3n) is 2.82. The van der Waals surface area contributed by atoms with Crippen LogP contribution < -0.4 is 16.0 Å². The Balaban J connectivity index is 2.51. The van der Waals surface area contributed by atoms with Crippen molar-refractivity contribution in [1.29, 1.82) is 0 Å². The SMILES string of the molecule is COc1cccc(CC(CCOCC(F)F)NN)c1F. The van der Waals surface area contributed by atoms with Crippen molar-refractivity contribution in [2.75, 3.05) is 20.3 Å². The van der Waals surface area contributed by atoms with Gasteiger partial charge < -0.3 is 9.47 Å². The molecule has 0 aliphatic heterocycles. The number of nitrogens with one attached hydrogen (secondary N) is 1. The van der Waals surface area contributed by atoms with E-state index in [-0.39, 0.29) is 18.4 Å². The molecule has 0 saturated heterocycles. The van der Waals surface area contributed by atoms with Crippen LogP contribution in [0.15, 0.2) is 18.2 Å². The van der Waals surface area contributed by atoms with Crippen LogP contribution >= 0.6 is 0 Å². The third-order valence-corrected chi connectivity index (χ3v) is 2.82. The number of halogens is 3. The normalized spacial score (nSPS) is 12.7. The number of hydrazine groups is 1. The summed E-state index contributed by atoms with van der Waals surface area (Å²) in [6.07, 6.45) is -1.77. The highest BCUT2D eigenvalue weighted by Gasteiger charge is 2.14. The molecule has 1 aromatic rings. The van der Waals surface area contributed by atoms with E-state index in [0.29, 0.717) is 18.4 Å². The highest BCUT2D eigenvalue weighted by molar-refractivity contribution is 5.31. The Labute approximate surface area is 116 Å². The maximum Gasteiger partial charge on any atom is 0.261 e. The minimum atomic E-state index is -2.49. The number of hydrogen-bond donors (Lipinski definition) is 2. The first kappa shape index (κ1) is 16.7. The fraction of sp³-hybridized carbons (Fsp3) is 0.538. The summed E-state index contributed by atoms with van der Waals surface area (Å²) < 4.78 is 47.4. The molecule has 1 rings (SSSR count). The van der Waals surface area contributed by atoms with Crippen LogP contribution in [0.1, 0.15) is 12.0 Å². The van der Waals surface area contributed by atoms with Crippen LogP contribution in [0.2, 0.25) is 0 Å². The lowest BCUT2D eigenvalue weighted by atomic mass is 10.0. The van der Waals surface area contributed by atoms with Gasteiger partial charge in [0, 0.05) is 12.6 Å². The topological polar surface area (TPSA) is 56.5 Å². The Bertz CT molecular complexity index is 405. The van der Waals surface area contributed by atoms with Gasteiger partial charge in [-0.15, -0.1) is 0 Å². The molecule has 0 fully saturated rings. The molecule has 1 aromatic carbocycles. The number of benzene rings is 1. The maximum absolute atomic E-state index is 13.9. The molecule has 4 nitrogen and oxygen atoms in total. The van der Waals surface area contributed by atoms with Crippen molar-refractivity contribution in [3.05, 3.63) is 29.6 Å². The molecule has 20 heavy (non-hydrogen) atoms. The second-order valence-corrected chi connectivity index (χ2v) is 4.26. The lowest BCUT2D eigenvalue weighted by Gasteiger charge is -2.17. The Morgan fingerprint density at radius 3 is 2.70 bits per heavy atom. The molecule has 3 N–H and O–H groups in total. The molecule has 0 heterocycles. The summed E-state index contributed by atoms with van der Waals surface area (Å²) in [5.74, 6) is 5.09. The molecule has 0 bridgehead atoms. The monoisotopic (exact) mass is 292 g/mol. The number of nitrogens with two attached hydrogens (primary N) is 1. The molecule has 0 spiro atoms. The van der Waals surface area contributed by atoms with Gasteiger partial charge in [0.1, 0.15) is 6.61 Å². The van der Waals surface area contributed by atoms with Crippen molar-refractivity contribution < 1.29 is 22.6 Å². The van der Waals surface area contributed by atoms with E-state index in [2.05, 4.69) is 5.43 Å². The molecule has 7 heteroatoms. The fourth-order valence-corrected chi connectivity index (χ4v) is 1.78. The van der Waals surface area contributed by atoms with E-state index in [0.717, 1.165) is 0 Å².